The molecule has 3 rings (SSSR count). The van der Waals surface area contributed by atoms with Gasteiger partial charge in [-0.05, 0) is 37.3 Å². The number of hydrogen-bond donors (Lipinski definition) is 1. The maximum absolute atomic E-state index is 12.8. The fourth-order valence-corrected chi connectivity index (χ4v) is 3.24. The maximum Gasteiger partial charge on any atom is 0.416 e. The van der Waals surface area contributed by atoms with Gasteiger partial charge in [-0.1, -0.05) is 22.9 Å². The van der Waals surface area contributed by atoms with Crippen LogP contribution >= 0.6 is 22.9 Å². The summed E-state index contributed by atoms with van der Waals surface area (Å²) in [4.78, 5) is 17.0. The van der Waals surface area contributed by atoms with Gasteiger partial charge in [0.2, 0.25) is 0 Å². The third-order valence-corrected chi connectivity index (χ3v) is 4.86. The molecule has 25 heavy (non-hydrogen) atoms. The molecule has 1 N–H and O–H groups in total. The number of amides is 1. The number of thiazole rings is 1. The van der Waals surface area contributed by atoms with E-state index in [1.807, 2.05) is 12.1 Å². The Hall–Kier alpha value is -2.32. The van der Waals surface area contributed by atoms with Crippen molar-refractivity contribution in [3.63, 3.8) is 0 Å². The molecule has 9 heteroatoms. The zero-order chi connectivity index (χ0) is 18.2. The van der Waals surface area contributed by atoms with Gasteiger partial charge in [0.15, 0.2) is 5.13 Å². The molecule has 0 unspecified atom stereocenters. The molecule has 1 amide bonds. The van der Waals surface area contributed by atoms with E-state index in [0.717, 1.165) is 29.5 Å². The lowest BCUT2D eigenvalue weighted by Crippen LogP contribution is -2.13. The Morgan fingerprint density at radius 1 is 1.28 bits per heavy atom. The first kappa shape index (κ1) is 17.5. The van der Waals surface area contributed by atoms with Gasteiger partial charge in [0.25, 0.3) is 5.91 Å². The number of halogens is 4. The van der Waals surface area contributed by atoms with Crippen LogP contribution in [0.5, 0.6) is 0 Å². The lowest BCUT2D eigenvalue weighted by molar-refractivity contribution is -0.137. The van der Waals surface area contributed by atoms with Gasteiger partial charge in [0, 0.05) is 12.4 Å². The van der Waals surface area contributed by atoms with Crippen molar-refractivity contribution in [2.45, 2.75) is 13.1 Å². The summed E-state index contributed by atoms with van der Waals surface area (Å²) in [5.74, 6) is -0.561. The Morgan fingerprint density at radius 2 is 1.96 bits per heavy atom. The molecule has 0 fully saturated rings. The van der Waals surface area contributed by atoms with E-state index < -0.39 is 17.6 Å². The van der Waals surface area contributed by atoms with Gasteiger partial charge in [-0.25, -0.2) is 4.98 Å². The van der Waals surface area contributed by atoms with Crippen LogP contribution in [-0.2, 0) is 6.18 Å². The Labute approximate surface area is 149 Å². The number of rotatable bonds is 3. The van der Waals surface area contributed by atoms with Crippen molar-refractivity contribution in [2.75, 3.05) is 5.32 Å². The number of carbonyl (C=O) groups excluding carboxylic acids is 1. The van der Waals surface area contributed by atoms with E-state index in [1.54, 1.807) is 23.9 Å². The zero-order valence-corrected chi connectivity index (χ0v) is 14.3. The summed E-state index contributed by atoms with van der Waals surface area (Å²) in [5.41, 5.74) is -0.507. The lowest BCUT2D eigenvalue weighted by atomic mass is 10.2. The summed E-state index contributed by atoms with van der Waals surface area (Å²) in [7, 11) is 0. The van der Waals surface area contributed by atoms with Crippen LogP contribution in [0, 0.1) is 6.92 Å². The second kappa shape index (κ2) is 6.53. The van der Waals surface area contributed by atoms with Gasteiger partial charge in [-0.3, -0.25) is 4.79 Å². The molecule has 0 saturated heterocycles. The smallest absolute Gasteiger partial charge is 0.320 e. The summed E-state index contributed by atoms with van der Waals surface area (Å²) >= 11 is 7.04. The van der Waals surface area contributed by atoms with Crippen LogP contribution in [0.25, 0.3) is 5.13 Å². The second-order valence-corrected chi connectivity index (χ2v) is 6.53. The summed E-state index contributed by atoms with van der Waals surface area (Å²) in [6, 6.07) is 6.41. The Balaban J connectivity index is 1.88. The molecule has 2 aromatic heterocycles. The fourth-order valence-electron chi connectivity index (χ4n) is 2.14. The Bertz CT molecular complexity index is 919. The highest BCUT2D eigenvalue weighted by atomic mass is 35.5. The van der Waals surface area contributed by atoms with Gasteiger partial charge >= 0.3 is 6.18 Å². The van der Waals surface area contributed by atoms with Crippen LogP contribution in [-0.4, -0.2) is 15.5 Å². The highest BCUT2D eigenvalue weighted by Gasteiger charge is 2.31. The molecule has 130 valence electrons. The van der Waals surface area contributed by atoms with Crippen molar-refractivity contribution in [3.05, 3.63) is 63.9 Å². The number of nitrogens with zero attached hydrogens (tertiary/aromatic N) is 2. The minimum absolute atomic E-state index is 0.0224. The first-order valence-electron chi connectivity index (χ1n) is 7.04. The number of carbonyl (C=O) groups is 1. The molecule has 0 radical (unpaired) electrons. The molecule has 0 bridgehead atoms. The van der Waals surface area contributed by atoms with E-state index in [2.05, 4.69) is 10.3 Å². The third kappa shape index (κ3) is 3.69. The number of aromatic nitrogens is 2. The fraction of sp³-hybridized carbons (Fsp3) is 0.125. The van der Waals surface area contributed by atoms with E-state index in [9.17, 15) is 18.0 Å². The average molecular weight is 386 g/mol. The van der Waals surface area contributed by atoms with Crippen molar-refractivity contribution < 1.29 is 18.0 Å². The molecule has 0 atom stereocenters. The molecule has 0 aliphatic rings. The summed E-state index contributed by atoms with van der Waals surface area (Å²) in [5, 5.41) is 3.04. The quantitative estimate of drug-likeness (QED) is 0.676. The molecular formula is C16H11ClF3N3OS. The number of benzene rings is 1. The van der Waals surface area contributed by atoms with Crippen LogP contribution < -0.4 is 5.32 Å². The minimum Gasteiger partial charge on any atom is -0.320 e. The van der Waals surface area contributed by atoms with Crippen LogP contribution in [0.1, 0.15) is 20.9 Å². The molecule has 4 nitrogen and oxygen atoms in total. The summed E-state index contributed by atoms with van der Waals surface area (Å²) in [6.45, 7) is 1.66. The van der Waals surface area contributed by atoms with E-state index in [0.29, 0.717) is 15.7 Å². The molecule has 1 aromatic carbocycles. The van der Waals surface area contributed by atoms with Gasteiger partial charge in [-0.2, -0.15) is 13.2 Å². The normalized spacial score (nSPS) is 11.6. The molecular weight excluding hydrogens is 375 g/mol. The van der Waals surface area contributed by atoms with Crippen molar-refractivity contribution in [1.82, 2.24) is 9.55 Å². The van der Waals surface area contributed by atoms with E-state index in [1.165, 1.54) is 0 Å². The monoisotopic (exact) mass is 385 g/mol. The summed E-state index contributed by atoms with van der Waals surface area (Å²) in [6.07, 6.45) is -0.959. The van der Waals surface area contributed by atoms with Crippen molar-refractivity contribution >= 4 is 34.5 Å². The number of nitrogens with one attached hydrogen (secondary N) is 1. The highest BCUT2D eigenvalue weighted by Crippen LogP contribution is 2.34. The minimum atomic E-state index is -4.52. The summed E-state index contributed by atoms with van der Waals surface area (Å²) < 4.78 is 40.2. The molecule has 0 saturated carbocycles. The Kier molecular flexibility index (Phi) is 4.57. The molecule has 3 aromatic rings. The second-order valence-electron chi connectivity index (χ2n) is 5.15. The number of hydrogen-bond acceptors (Lipinski definition) is 3. The lowest BCUT2D eigenvalue weighted by Gasteiger charge is -2.11. The van der Waals surface area contributed by atoms with Crippen LogP contribution in [0.4, 0.5) is 18.9 Å². The SMILES string of the molecule is Cc1nc(-n2cccc2)sc1C(=O)Nc1cc(C(F)(F)F)ccc1Cl. The van der Waals surface area contributed by atoms with Gasteiger partial charge in [0.05, 0.1) is 22.0 Å². The largest absolute Gasteiger partial charge is 0.416 e. The van der Waals surface area contributed by atoms with Crippen LogP contribution in [0.2, 0.25) is 5.02 Å². The van der Waals surface area contributed by atoms with Gasteiger partial charge in [-0.15, -0.1) is 0 Å². The van der Waals surface area contributed by atoms with Gasteiger partial charge in [0.1, 0.15) is 4.88 Å². The van der Waals surface area contributed by atoms with Crippen LogP contribution in [0.15, 0.2) is 42.7 Å². The van der Waals surface area contributed by atoms with E-state index >= 15 is 0 Å². The van der Waals surface area contributed by atoms with Crippen molar-refractivity contribution in [3.8, 4) is 5.13 Å². The first-order chi connectivity index (χ1) is 11.8. The average Bonchev–Trinajstić information content (AvgIpc) is 3.17. The Morgan fingerprint density at radius 3 is 2.60 bits per heavy atom. The van der Waals surface area contributed by atoms with Gasteiger partial charge < -0.3 is 9.88 Å². The molecule has 2 heterocycles. The van der Waals surface area contributed by atoms with E-state index in [4.69, 9.17) is 11.6 Å². The standard InChI is InChI=1S/C16H11ClF3N3OS/c1-9-13(25-15(21-9)23-6-2-3-7-23)14(24)22-12-8-10(16(18,19)20)4-5-11(12)17/h2-8H,1H3,(H,22,24). The van der Waals surface area contributed by atoms with Crippen molar-refractivity contribution in [2.24, 2.45) is 0 Å². The molecule has 0 spiro atoms. The first-order valence-corrected chi connectivity index (χ1v) is 8.24. The van der Waals surface area contributed by atoms with Crippen molar-refractivity contribution in [1.29, 1.82) is 0 Å². The third-order valence-electron chi connectivity index (χ3n) is 3.36. The van der Waals surface area contributed by atoms with Crippen LogP contribution in [0.3, 0.4) is 0 Å². The molecule has 0 aliphatic carbocycles. The number of aryl methyl sites for hydroxylation is 1. The maximum atomic E-state index is 12.8. The topological polar surface area (TPSA) is 46.9 Å². The number of alkyl halides is 3. The highest BCUT2D eigenvalue weighted by molar-refractivity contribution is 7.16. The zero-order valence-electron chi connectivity index (χ0n) is 12.8. The predicted molar refractivity (Wildman–Crippen MR) is 90.6 cm³/mol. The predicted octanol–water partition coefficient (Wildman–Crippen LogP) is 5.17. The molecule has 0 aliphatic heterocycles. The van der Waals surface area contributed by atoms with E-state index in [-0.39, 0.29) is 10.7 Å². The number of anilines is 1.